The van der Waals surface area contributed by atoms with E-state index in [0.717, 1.165) is 38.1 Å². The second-order valence-corrected chi connectivity index (χ2v) is 6.56. The molecule has 0 bridgehead atoms. The van der Waals surface area contributed by atoms with Crippen molar-refractivity contribution >= 4 is 28.1 Å². The first-order valence-corrected chi connectivity index (χ1v) is 8.17. The van der Waals surface area contributed by atoms with E-state index in [9.17, 15) is 0 Å². The minimum absolute atomic E-state index is 0.496. The Balaban J connectivity index is 2.25. The lowest BCUT2D eigenvalue weighted by atomic mass is 10.0. The summed E-state index contributed by atoms with van der Waals surface area (Å²) in [6.45, 7) is 10.7. The molecule has 0 aliphatic heterocycles. The largest absolute Gasteiger partial charge is 0.295 e. The SMILES string of the molecule is C=c1c2cccc3cccc(c(=N)n1-c1cc(C)c(C)cc1C)c32. The van der Waals surface area contributed by atoms with E-state index in [1.165, 1.54) is 11.1 Å². The molecule has 4 rings (SSSR count). The maximum Gasteiger partial charge on any atom is 0.137 e. The molecule has 0 unspecified atom stereocenters. The normalized spacial score (nSPS) is 11.5. The molecule has 1 heterocycles. The number of benzene rings is 3. The zero-order valence-corrected chi connectivity index (χ0v) is 14.3. The number of pyridine rings is 1. The van der Waals surface area contributed by atoms with Crippen LogP contribution in [0.1, 0.15) is 16.7 Å². The van der Waals surface area contributed by atoms with Crippen molar-refractivity contribution in [2.45, 2.75) is 20.8 Å². The fraction of sp³-hybridized carbons (Fsp3) is 0.136. The average molecular weight is 312 g/mol. The summed E-state index contributed by atoms with van der Waals surface area (Å²) in [6.07, 6.45) is 0. The first kappa shape index (κ1) is 14.7. The summed E-state index contributed by atoms with van der Waals surface area (Å²) in [7, 11) is 0. The molecule has 0 fully saturated rings. The number of hydrogen-bond acceptors (Lipinski definition) is 1. The van der Waals surface area contributed by atoms with E-state index in [-0.39, 0.29) is 0 Å². The Morgan fingerprint density at radius 2 is 1.46 bits per heavy atom. The van der Waals surface area contributed by atoms with Crippen LogP contribution < -0.4 is 10.8 Å². The van der Waals surface area contributed by atoms with Gasteiger partial charge in [-0.2, -0.15) is 0 Å². The van der Waals surface area contributed by atoms with Gasteiger partial charge in [-0.3, -0.25) is 9.98 Å². The van der Waals surface area contributed by atoms with Gasteiger partial charge in [0.25, 0.3) is 0 Å². The van der Waals surface area contributed by atoms with Crippen LogP contribution in [0.25, 0.3) is 33.8 Å². The summed E-state index contributed by atoms with van der Waals surface area (Å²) in [6, 6.07) is 16.8. The standard InChI is InChI=1S/C22H20N2/c1-13-11-15(3)20(12-14(13)2)24-16(4)18-9-5-7-17-8-6-10-19(21(17)18)22(24)23/h5-12,23H,4H2,1-3H3. The molecule has 3 aromatic carbocycles. The second-order valence-electron chi connectivity index (χ2n) is 6.56. The molecular weight excluding hydrogens is 292 g/mol. The van der Waals surface area contributed by atoms with Crippen LogP contribution in [0.4, 0.5) is 0 Å². The molecule has 1 aromatic heterocycles. The third-order valence-electron chi connectivity index (χ3n) is 5.02. The third-order valence-corrected chi connectivity index (χ3v) is 5.02. The van der Waals surface area contributed by atoms with Crippen LogP contribution in [0.2, 0.25) is 0 Å². The molecular formula is C22H20N2. The number of aryl methyl sites for hydroxylation is 3. The number of nitrogens with zero attached hydrogens (tertiary/aromatic N) is 1. The second kappa shape index (κ2) is 5.07. The summed E-state index contributed by atoms with van der Waals surface area (Å²) in [5, 5.41) is 14.1. The lowest BCUT2D eigenvalue weighted by Crippen LogP contribution is -2.32. The molecule has 0 atom stereocenters. The third kappa shape index (κ3) is 1.93. The highest BCUT2D eigenvalue weighted by atomic mass is 15.0. The summed E-state index contributed by atoms with van der Waals surface area (Å²) in [5.74, 6) is 0. The zero-order valence-electron chi connectivity index (χ0n) is 14.3. The van der Waals surface area contributed by atoms with Crippen LogP contribution >= 0.6 is 0 Å². The van der Waals surface area contributed by atoms with E-state index in [0.29, 0.717) is 5.49 Å². The smallest absolute Gasteiger partial charge is 0.137 e. The highest BCUT2D eigenvalue weighted by molar-refractivity contribution is 6.09. The Bertz CT molecular complexity index is 1150. The monoisotopic (exact) mass is 312 g/mol. The molecule has 4 aromatic rings. The maximum atomic E-state index is 8.82. The molecule has 24 heavy (non-hydrogen) atoms. The van der Waals surface area contributed by atoms with Gasteiger partial charge in [-0.25, -0.2) is 0 Å². The van der Waals surface area contributed by atoms with Crippen LogP contribution in [0.5, 0.6) is 0 Å². The first-order chi connectivity index (χ1) is 11.5. The molecule has 0 radical (unpaired) electrons. The van der Waals surface area contributed by atoms with Gasteiger partial charge in [0, 0.05) is 21.5 Å². The van der Waals surface area contributed by atoms with Crippen LogP contribution in [0.15, 0.2) is 48.5 Å². The molecule has 0 saturated heterocycles. The van der Waals surface area contributed by atoms with Crippen LogP contribution in [0.3, 0.4) is 0 Å². The Hall–Kier alpha value is -2.87. The molecule has 0 aliphatic rings. The van der Waals surface area contributed by atoms with Crippen molar-refractivity contribution in [3.8, 4) is 5.69 Å². The van der Waals surface area contributed by atoms with Gasteiger partial charge < -0.3 is 0 Å². The quantitative estimate of drug-likeness (QED) is 0.542. The number of hydrogen-bond donors (Lipinski definition) is 1. The number of rotatable bonds is 1. The minimum atomic E-state index is 0.496. The summed E-state index contributed by atoms with van der Waals surface area (Å²) >= 11 is 0. The van der Waals surface area contributed by atoms with E-state index in [1.54, 1.807) is 0 Å². The molecule has 2 nitrogen and oxygen atoms in total. The van der Waals surface area contributed by atoms with Crippen LogP contribution in [-0.2, 0) is 0 Å². The van der Waals surface area contributed by atoms with Gasteiger partial charge in [-0.1, -0.05) is 49.0 Å². The summed E-state index contributed by atoms with van der Waals surface area (Å²) < 4.78 is 1.98. The van der Waals surface area contributed by atoms with Gasteiger partial charge in [0.2, 0.25) is 0 Å². The van der Waals surface area contributed by atoms with Crippen molar-refractivity contribution in [2.24, 2.45) is 0 Å². The Morgan fingerprint density at radius 1 is 0.833 bits per heavy atom. The predicted molar refractivity (Wildman–Crippen MR) is 102 cm³/mol. The molecule has 0 saturated carbocycles. The average Bonchev–Trinajstić information content (AvgIpc) is 2.57. The topological polar surface area (TPSA) is 28.8 Å². The van der Waals surface area contributed by atoms with E-state index >= 15 is 0 Å². The molecule has 2 heteroatoms. The lowest BCUT2D eigenvalue weighted by Gasteiger charge is -2.17. The van der Waals surface area contributed by atoms with E-state index < -0.39 is 0 Å². The van der Waals surface area contributed by atoms with Crippen LogP contribution in [0, 0.1) is 26.2 Å². The number of nitrogens with one attached hydrogen (secondary N) is 1. The molecule has 0 aliphatic carbocycles. The van der Waals surface area contributed by atoms with Gasteiger partial charge in [0.15, 0.2) is 0 Å². The predicted octanol–water partition coefficient (Wildman–Crippen LogP) is 4.32. The summed E-state index contributed by atoms with van der Waals surface area (Å²) in [5.41, 5.74) is 5.20. The van der Waals surface area contributed by atoms with Gasteiger partial charge in [0.1, 0.15) is 5.49 Å². The Labute approximate surface area is 141 Å². The number of aromatic nitrogens is 1. The molecule has 1 N–H and O–H groups in total. The van der Waals surface area contributed by atoms with Crippen molar-refractivity contribution in [3.05, 3.63) is 76.1 Å². The van der Waals surface area contributed by atoms with Gasteiger partial charge >= 0.3 is 0 Å². The Kier molecular flexibility index (Phi) is 3.10. The van der Waals surface area contributed by atoms with Gasteiger partial charge in [-0.05, 0) is 48.9 Å². The van der Waals surface area contributed by atoms with Crippen LogP contribution in [-0.4, -0.2) is 4.57 Å². The van der Waals surface area contributed by atoms with Crippen molar-refractivity contribution < 1.29 is 0 Å². The van der Waals surface area contributed by atoms with Gasteiger partial charge in [-0.15, -0.1) is 0 Å². The van der Waals surface area contributed by atoms with Crippen molar-refractivity contribution in [1.82, 2.24) is 4.57 Å². The minimum Gasteiger partial charge on any atom is -0.295 e. The maximum absolute atomic E-state index is 8.82. The van der Waals surface area contributed by atoms with E-state index in [2.05, 4.69) is 63.7 Å². The van der Waals surface area contributed by atoms with Gasteiger partial charge in [0.05, 0.1) is 5.69 Å². The molecule has 0 amide bonds. The molecule has 118 valence electrons. The lowest BCUT2D eigenvalue weighted by molar-refractivity contribution is 0.910. The van der Waals surface area contributed by atoms with E-state index in [4.69, 9.17) is 5.41 Å². The first-order valence-electron chi connectivity index (χ1n) is 8.17. The fourth-order valence-corrected chi connectivity index (χ4v) is 3.61. The van der Waals surface area contributed by atoms with Crippen molar-refractivity contribution in [1.29, 1.82) is 5.41 Å². The highest BCUT2D eigenvalue weighted by Gasteiger charge is 2.12. The van der Waals surface area contributed by atoms with Crippen molar-refractivity contribution in [2.75, 3.05) is 0 Å². The van der Waals surface area contributed by atoms with Crippen molar-refractivity contribution in [3.63, 3.8) is 0 Å². The molecule has 0 spiro atoms. The summed E-state index contributed by atoms with van der Waals surface area (Å²) in [4.78, 5) is 0. The van der Waals surface area contributed by atoms with E-state index in [1.807, 2.05) is 16.7 Å². The fourth-order valence-electron chi connectivity index (χ4n) is 3.61. The zero-order chi connectivity index (χ0) is 17.0. The highest BCUT2D eigenvalue weighted by Crippen LogP contribution is 2.24. The Morgan fingerprint density at radius 3 is 2.17 bits per heavy atom.